The fourth-order valence-corrected chi connectivity index (χ4v) is 3.27. The van der Waals surface area contributed by atoms with Crippen LogP contribution in [0.5, 0.6) is 17.2 Å². The zero-order valence-electron chi connectivity index (χ0n) is 17.9. The molecule has 1 unspecified atom stereocenters. The third kappa shape index (κ3) is 4.23. The van der Waals surface area contributed by atoms with Crippen LogP contribution < -0.4 is 14.2 Å². The molecule has 0 aliphatic carbocycles. The highest BCUT2D eigenvalue weighted by molar-refractivity contribution is 5.84. The summed E-state index contributed by atoms with van der Waals surface area (Å²) in [6, 6.07) is 9.77. The molecule has 0 N–H and O–H groups in total. The Morgan fingerprint density at radius 1 is 1.16 bits per heavy atom. The second-order valence-corrected chi connectivity index (χ2v) is 7.00. The summed E-state index contributed by atoms with van der Waals surface area (Å²) in [6.45, 7) is 4.60. The lowest BCUT2D eigenvalue weighted by Crippen LogP contribution is -2.41. The first-order chi connectivity index (χ1) is 14.7. The number of nitrogens with zero attached hydrogens (tertiary/aromatic N) is 3. The van der Waals surface area contributed by atoms with E-state index in [1.54, 1.807) is 38.1 Å². The molecule has 0 radical (unpaired) electrons. The summed E-state index contributed by atoms with van der Waals surface area (Å²) in [7, 11) is 3.03. The Labute approximate surface area is 179 Å². The van der Waals surface area contributed by atoms with E-state index in [0.717, 1.165) is 5.56 Å². The van der Waals surface area contributed by atoms with E-state index in [1.807, 2.05) is 0 Å². The van der Waals surface area contributed by atoms with Crippen molar-refractivity contribution in [3.05, 3.63) is 57.6 Å². The monoisotopic (exact) mass is 429 g/mol. The molecule has 1 aliphatic heterocycles. The number of nitro groups is 1. The Morgan fingerprint density at radius 2 is 1.84 bits per heavy atom. The number of benzene rings is 2. The fourth-order valence-electron chi connectivity index (χ4n) is 3.27. The van der Waals surface area contributed by atoms with Gasteiger partial charge >= 0.3 is 5.69 Å². The van der Waals surface area contributed by atoms with E-state index in [4.69, 9.17) is 18.9 Å². The largest absolute Gasteiger partial charge is 0.493 e. The summed E-state index contributed by atoms with van der Waals surface area (Å²) >= 11 is 0. The highest BCUT2D eigenvalue weighted by Crippen LogP contribution is 2.39. The Hall–Kier alpha value is -3.82. The molecule has 10 heteroatoms. The smallest absolute Gasteiger partial charge is 0.311 e. The number of carbonyl (C=O) groups excluding carboxylic acids is 1. The standard InChI is InChI=1S/C21H23N3O7/c1-13-6-8-17(16(10-13)24(26)27)30-12-20-22-23(14(2)25)21(3,31-20)15-7-9-18(28-4)19(11-15)29-5/h6-11H,12H2,1-5H3. The van der Waals surface area contributed by atoms with Gasteiger partial charge in [-0.2, -0.15) is 5.01 Å². The van der Waals surface area contributed by atoms with Gasteiger partial charge in [0.25, 0.3) is 0 Å². The molecule has 0 spiro atoms. The van der Waals surface area contributed by atoms with Crippen molar-refractivity contribution in [2.24, 2.45) is 5.10 Å². The van der Waals surface area contributed by atoms with Crippen LogP contribution in [0.15, 0.2) is 41.5 Å². The van der Waals surface area contributed by atoms with E-state index in [9.17, 15) is 14.9 Å². The Bertz CT molecular complexity index is 1050. The average molecular weight is 429 g/mol. The first-order valence-electron chi connectivity index (χ1n) is 9.37. The van der Waals surface area contributed by atoms with Gasteiger partial charge in [0, 0.05) is 25.5 Å². The molecule has 1 atom stereocenters. The molecule has 0 saturated heterocycles. The number of methoxy groups -OCH3 is 2. The number of rotatable bonds is 7. The van der Waals surface area contributed by atoms with Crippen molar-refractivity contribution in [2.75, 3.05) is 20.8 Å². The molecule has 31 heavy (non-hydrogen) atoms. The molecule has 1 heterocycles. The number of hydrogen-bond donors (Lipinski definition) is 0. The molecule has 10 nitrogen and oxygen atoms in total. The number of amides is 1. The second-order valence-electron chi connectivity index (χ2n) is 7.00. The van der Waals surface area contributed by atoms with Gasteiger partial charge in [-0.3, -0.25) is 14.9 Å². The van der Waals surface area contributed by atoms with E-state index < -0.39 is 10.6 Å². The predicted octanol–water partition coefficient (Wildman–Crippen LogP) is 3.36. The van der Waals surface area contributed by atoms with Crippen LogP contribution in [0.25, 0.3) is 0 Å². The number of ether oxygens (including phenoxy) is 4. The van der Waals surface area contributed by atoms with Crippen LogP contribution in [0.1, 0.15) is 25.0 Å². The van der Waals surface area contributed by atoms with Gasteiger partial charge in [-0.25, -0.2) is 0 Å². The maximum absolute atomic E-state index is 12.3. The fraction of sp³-hybridized carbons (Fsp3) is 0.333. The topological polar surface area (TPSA) is 113 Å². The van der Waals surface area contributed by atoms with Crippen molar-refractivity contribution in [1.82, 2.24) is 5.01 Å². The van der Waals surface area contributed by atoms with Gasteiger partial charge in [-0.15, -0.1) is 5.10 Å². The SMILES string of the molecule is COc1ccc(C2(C)OC(COc3ccc(C)cc3[N+](=O)[O-])=NN2C(C)=O)cc1OC. The molecule has 2 aromatic rings. The molecule has 0 fully saturated rings. The van der Waals surface area contributed by atoms with E-state index in [-0.39, 0.29) is 29.8 Å². The summed E-state index contributed by atoms with van der Waals surface area (Å²) in [5.41, 5.74) is -0.0918. The van der Waals surface area contributed by atoms with Gasteiger partial charge < -0.3 is 18.9 Å². The summed E-state index contributed by atoms with van der Waals surface area (Å²) in [5.74, 6) is 0.818. The summed E-state index contributed by atoms with van der Waals surface area (Å²) in [5, 5.41) is 16.7. The third-order valence-corrected chi connectivity index (χ3v) is 4.81. The molecular weight excluding hydrogens is 406 g/mol. The predicted molar refractivity (Wildman–Crippen MR) is 111 cm³/mol. The summed E-state index contributed by atoms with van der Waals surface area (Å²) in [4.78, 5) is 23.0. The van der Waals surface area contributed by atoms with Gasteiger partial charge in [-0.1, -0.05) is 6.07 Å². The highest BCUT2D eigenvalue weighted by Gasteiger charge is 2.45. The number of hydrogen-bond acceptors (Lipinski definition) is 8. The zero-order valence-corrected chi connectivity index (χ0v) is 17.9. The number of carbonyl (C=O) groups is 1. The molecular formula is C21H23N3O7. The lowest BCUT2D eigenvalue weighted by atomic mass is 10.0. The molecule has 1 amide bonds. The lowest BCUT2D eigenvalue weighted by Gasteiger charge is -2.31. The molecule has 0 aromatic heterocycles. The van der Waals surface area contributed by atoms with Crippen LogP contribution in [0.3, 0.4) is 0 Å². The highest BCUT2D eigenvalue weighted by atomic mass is 16.6. The average Bonchev–Trinajstić information content (AvgIpc) is 3.10. The van der Waals surface area contributed by atoms with E-state index in [1.165, 1.54) is 38.3 Å². The van der Waals surface area contributed by atoms with Crippen molar-refractivity contribution in [2.45, 2.75) is 26.5 Å². The Balaban J connectivity index is 1.87. The first kappa shape index (κ1) is 21.9. The number of nitro benzene ring substituents is 1. The van der Waals surface area contributed by atoms with Crippen LogP contribution in [0.4, 0.5) is 5.69 Å². The molecule has 0 saturated carbocycles. The minimum Gasteiger partial charge on any atom is -0.493 e. The minimum absolute atomic E-state index is 0.0796. The normalized spacial score (nSPS) is 17.6. The van der Waals surface area contributed by atoms with Crippen molar-refractivity contribution in [1.29, 1.82) is 0 Å². The van der Waals surface area contributed by atoms with Gasteiger partial charge in [-0.05, 0) is 36.8 Å². The molecule has 2 aromatic carbocycles. The van der Waals surface area contributed by atoms with E-state index >= 15 is 0 Å². The van der Waals surface area contributed by atoms with Crippen LogP contribution in [0, 0.1) is 17.0 Å². The van der Waals surface area contributed by atoms with Crippen LogP contribution in [0.2, 0.25) is 0 Å². The Morgan fingerprint density at radius 3 is 2.45 bits per heavy atom. The zero-order chi connectivity index (χ0) is 22.8. The van der Waals surface area contributed by atoms with Gasteiger partial charge in [0.15, 0.2) is 23.9 Å². The lowest BCUT2D eigenvalue weighted by molar-refractivity contribution is -0.385. The number of aryl methyl sites for hydroxylation is 1. The quantitative estimate of drug-likeness (QED) is 0.490. The Kier molecular flexibility index (Phi) is 6.00. The van der Waals surface area contributed by atoms with Crippen LogP contribution >= 0.6 is 0 Å². The van der Waals surface area contributed by atoms with Crippen molar-refractivity contribution in [3.8, 4) is 17.2 Å². The molecule has 1 aliphatic rings. The van der Waals surface area contributed by atoms with Crippen molar-refractivity contribution in [3.63, 3.8) is 0 Å². The minimum atomic E-state index is -1.26. The van der Waals surface area contributed by atoms with Crippen molar-refractivity contribution >= 4 is 17.5 Å². The maximum atomic E-state index is 12.3. The molecule has 0 bridgehead atoms. The van der Waals surface area contributed by atoms with Crippen LogP contribution in [-0.4, -0.2) is 42.6 Å². The summed E-state index contributed by atoms with van der Waals surface area (Å²) < 4.78 is 22.2. The second kappa shape index (κ2) is 8.50. The summed E-state index contributed by atoms with van der Waals surface area (Å²) in [6.07, 6.45) is 0. The van der Waals surface area contributed by atoms with E-state index in [2.05, 4.69) is 5.10 Å². The molecule has 164 valence electrons. The third-order valence-electron chi connectivity index (χ3n) is 4.81. The van der Waals surface area contributed by atoms with Gasteiger partial charge in [0.2, 0.25) is 17.5 Å². The maximum Gasteiger partial charge on any atom is 0.311 e. The van der Waals surface area contributed by atoms with Crippen molar-refractivity contribution < 1.29 is 28.7 Å². The van der Waals surface area contributed by atoms with E-state index in [0.29, 0.717) is 17.1 Å². The van der Waals surface area contributed by atoms with Gasteiger partial charge in [0.1, 0.15) is 0 Å². The van der Waals surface area contributed by atoms with Gasteiger partial charge in [0.05, 0.1) is 19.1 Å². The number of hydrazone groups is 1. The van der Waals surface area contributed by atoms with Crippen LogP contribution in [-0.2, 0) is 15.3 Å². The molecule has 3 rings (SSSR count). The first-order valence-corrected chi connectivity index (χ1v) is 9.37.